The SMILES string of the molecule is CC1CCCCN1C(=O)c1cc(F)c(Br)c(F)c1. The van der Waals surface area contributed by atoms with Crippen LogP contribution in [0.25, 0.3) is 0 Å². The first-order valence-electron chi connectivity index (χ1n) is 5.96. The lowest BCUT2D eigenvalue weighted by molar-refractivity contribution is 0.0634. The minimum atomic E-state index is -0.747. The average Bonchev–Trinajstić information content (AvgIpc) is 2.35. The third kappa shape index (κ3) is 2.55. The Hall–Kier alpha value is -0.970. The van der Waals surface area contributed by atoms with Gasteiger partial charge in [0, 0.05) is 18.2 Å². The topological polar surface area (TPSA) is 20.3 Å². The molecule has 5 heteroatoms. The number of benzene rings is 1. The van der Waals surface area contributed by atoms with Crippen molar-refractivity contribution in [3.8, 4) is 0 Å². The molecule has 1 aromatic carbocycles. The molecule has 1 aromatic rings. The maximum atomic E-state index is 13.4. The first-order valence-corrected chi connectivity index (χ1v) is 6.75. The number of carbonyl (C=O) groups excluding carboxylic acids is 1. The van der Waals surface area contributed by atoms with Gasteiger partial charge in [-0.25, -0.2) is 8.78 Å². The Labute approximate surface area is 113 Å². The van der Waals surface area contributed by atoms with E-state index in [2.05, 4.69) is 15.9 Å². The van der Waals surface area contributed by atoms with Gasteiger partial charge in [0.1, 0.15) is 11.6 Å². The lowest BCUT2D eigenvalue weighted by Gasteiger charge is -2.33. The summed E-state index contributed by atoms with van der Waals surface area (Å²) in [5.41, 5.74) is 0.0713. The van der Waals surface area contributed by atoms with Crippen LogP contribution in [0.5, 0.6) is 0 Å². The lowest BCUT2D eigenvalue weighted by atomic mass is 10.0. The molecule has 0 bridgehead atoms. The molecule has 0 aliphatic carbocycles. The van der Waals surface area contributed by atoms with E-state index in [0.29, 0.717) is 6.54 Å². The van der Waals surface area contributed by atoms with E-state index in [-0.39, 0.29) is 22.0 Å². The molecule has 1 fully saturated rings. The van der Waals surface area contributed by atoms with Gasteiger partial charge in [0.25, 0.3) is 5.91 Å². The van der Waals surface area contributed by atoms with Crippen molar-refractivity contribution in [2.75, 3.05) is 6.54 Å². The number of piperidine rings is 1. The maximum Gasteiger partial charge on any atom is 0.254 e. The van der Waals surface area contributed by atoms with Crippen LogP contribution in [-0.2, 0) is 0 Å². The number of carbonyl (C=O) groups is 1. The fourth-order valence-corrected chi connectivity index (χ4v) is 2.47. The van der Waals surface area contributed by atoms with Crippen molar-refractivity contribution < 1.29 is 13.6 Å². The number of halogens is 3. The molecule has 1 saturated heterocycles. The van der Waals surface area contributed by atoms with Crippen LogP contribution >= 0.6 is 15.9 Å². The van der Waals surface area contributed by atoms with E-state index >= 15 is 0 Å². The van der Waals surface area contributed by atoms with E-state index in [4.69, 9.17) is 0 Å². The molecule has 1 atom stereocenters. The monoisotopic (exact) mass is 317 g/mol. The molecular weight excluding hydrogens is 304 g/mol. The Morgan fingerprint density at radius 3 is 2.50 bits per heavy atom. The predicted octanol–water partition coefficient (Wildman–Crippen LogP) is 3.74. The summed E-state index contributed by atoms with van der Waals surface area (Å²) in [7, 11) is 0. The van der Waals surface area contributed by atoms with Crippen molar-refractivity contribution in [1.82, 2.24) is 4.90 Å². The molecule has 2 rings (SSSR count). The first-order chi connectivity index (χ1) is 8.50. The van der Waals surface area contributed by atoms with Crippen molar-refractivity contribution >= 4 is 21.8 Å². The number of hydrogen-bond donors (Lipinski definition) is 0. The van der Waals surface area contributed by atoms with E-state index in [1.807, 2.05) is 6.92 Å². The van der Waals surface area contributed by atoms with Gasteiger partial charge in [-0.15, -0.1) is 0 Å². The molecule has 0 N–H and O–H groups in total. The molecule has 0 aromatic heterocycles. The number of rotatable bonds is 1. The van der Waals surface area contributed by atoms with Crippen molar-refractivity contribution in [3.63, 3.8) is 0 Å². The molecule has 0 radical (unpaired) electrons. The summed E-state index contributed by atoms with van der Waals surface area (Å²) in [6, 6.07) is 2.29. The van der Waals surface area contributed by atoms with Gasteiger partial charge in [-0.3, -0.25) is 4.79 Å². The van der Waals surface area contributed by atoms with E-state index in [1.54, 1.807) is 4.90 Å². The molecule has 98 valence electrons. The van der Waals surface area contributed by atoms with Crippen LogP contribution in [-0.4, -0.2) is 23.4 Å². The summed E-state index contributed by atoms with van der Waals surface area (Å²) in [6.07, 6.45) is 2.97. The zero-order chi connectivity index (χ0) is 13.3. The summed E-state index contributed by atoms with van der Waals surface area (Å²) >= 11 is 2.80. The molecule has 2 nitrogen and oxygen atoms in total. The number of nitrogens with zero attached hydrogens (tertiary/aromatic N) is 1. The zero-order valence-corrected chi connectivity index (χ0v) is 11.6. The highest BCUT2D eigenvalue weighted by Gasteiger charge is 2.25. The quantitative estimate of drug-likeness (QED) is 0.722. The number of amides is 1. The molecule has 1 amide bonds. The van der Waals surface area contributed by atoms with Gasteiger partial charge >= 0.3 is 0 Å². The Morgan fingerprint density at radius 2 is 1.94 bits per heavy atom. The molecule has 1 aliphatic heterocycles. The predicted molar refractivity (Wildman–Crippen MR) is 68.4 cm³/mol. The number of hydrogen-bond acceptors (Lipinski definition) is 1. The highest BCUT2D eigenvalue weighted by atomic mass is 79.9. The third-order valence-corrected chi connectivity index (χ3v) is 4.05. The normalized spacial score (nSPS) is 20.0. The van der Waals surface area contributed by atoms with E-state index in [0.717, 1.165) is 31.4 Å². The van der Waals surface area contributed by atoms with Crippen molar-refractivity contribution in [2.24, 2.45) is 0 Å². The lowest BCUT2D eigenvalue weighted by Crippen LogP contribution is -2.42. The number of likely N-dealkylation sites (tertiary alicyclic amines) is 1. The molecule has 1 unspecified atom stereocenters. The van der Waals surface area contributed by atoms with Gasteiger partial charge in [0.2, 0.25) is 0 Å². The largest absolute Gasteiger partial charge is 0.336 e. The smallest absolute Gasteiger partial charge is 0.254 e. The van der Waals surface area contributed by atoms with Crippen LogP contribution in [0.15, 0.2) is 16.6 Å². The van der Waals surface area contributed by atoms with Crippen molar-refractivity contribution in [1.29, 1.82) is 0 Å². The fraction of sp³-hybridized carbons (Fsp3) is 0.462. The van der Waals surface area contributed by atoms with Gasteiger partial charge in [-0.2, -0.15) is 0 Å². The summed E-state index contributed by atoms with van der Waals surface area (Å²) < 4.78 is 26.6. The maximum absolute atomic E-state index is 13.4. The molecule has 18 heavy (non-hydrogen) atoms. The van der Waals surface area contributed by atoms with Crippen molar-refractivity contribution in [2.45, 2.75) is 32.2 Å². The van der Waals surface area contributed by atoms with E-state index in [9.17, 15) is 13.6 Å². The van der Waals surface area contributed by atoms with Gasteiger partial charge in [-0.05, 0) is 54.2 Å². The molecule has 0 saturated carbocycles. The fourth-order valence-electron chi connectivity index (χ4n) is 2.24. The minimum Gasteiger partial charge on any atom is -0.336 e. The molecule has 0 spiro atoms. The van der Waals surface area contributed by atoms with Gasteiger partial charge in [-0.1, -0.05) is 0 Å². The van der Waals surface area contributed by atoms with Crippen LogP contribution in [0.1, 0.15) is 36.5 Å². The van der Waals surface area contributed by atoms with Crippen LogP contribution < -0.4 is 0 Å². The van der Waals surface area contributed by atoms with Crippen LogP contribution in [0.4, 0.5) is 8.78 Å². The van der Waals surface area contributed by atoms with E-state index < -0.39 is 11.6 Å². The summed E-state index contributed by atoms with van der Waals surface area (Å²) in [5, 5.41) is 0. The third-order valence-electron chi connectivity index (χ3n) is 3.29. The first kappa shape index (κ1) is 13.5. The van der Waals surface area contributed by atoms with Gasteiger partial charge in [0.05, 0.1) is 4.47 Å². The van der Waals surface area contributed by atoms with Crippen LogP contribution in [0.2, 0.25) is 0 Å². The summed E-state index contributed by atoms with van der Waals surface area (Å²) in [4.78, 5) is 13.9. The Balaban J connectivity index is 2.28. The highest BCUT2D eigenvalue weighted by molar-refractivity contribution is 9.10. The Bertz CT molecular complexity index is 455. The second-order valence-corrected chi connectivity index (χ2v) is 5.39. The molecule has 1 heterocycles. The molecular formula is C13H14BrF2NO. The van der Waals surface area contributed by atoms with Crippen LogP contribution in [0.3, 0.4) is 0 Å². The van der Waals surface area contributed by atoms with Gasteiger partial charge in [0.15, 0.2) is 0 Å². The summed E-state index contributed by atoms with van der Waals surface area (Å²) in [5.74, 6) is -1.79. The highest BCUT2D eigenvalue weighted by Crippen LogP contribution is 2.24. The summed E-state index contributed by atoms with van der Waals surface area (Å²) in [6.45, 7) is 2.61. The van der Waals surface area contributed by atoms with Crippen molar-refractivity contribution in [3.05, 3.63) is 33.8 Å². The van der Waals surface area contributed by atoms with Crippen LogP contribution in [0, 0.1) is 11.6 Å². The second kappa shape index (κ2) is 5.34. The van der Waals surface area contributed by atoms with Gasteiger partial charge < -0.3 is 4.90 Å². The Morgan fingerprint density at radius 1 is 1.33 bits per heavy atom. The second-order valence-electron chi connectivity index (χ2n) is 4.60. The van der Waals surface area contributed by atoms with E-state index in [1.165, 1.54) is 0 Å². The standard InChI is InChI=1S/C13H14BrF2NO/c1-8-4-2-3-5-17(8)13(18)9-6-10(15)12(14)11(16)7-9/h6-8H,2-5H2,1H3. The molecule has 1 aliphatic rings. The zero-order valence-electron chi connectivity index (χ0n) is 10.0. The minimum absolute atomic E-state index is 0.0713. The average molecular weight is 318 g/mol. The Kier molecular flexibility index (Phi) is 4.00.